The van der Waals surface area contributed by atoms with Crippen LogP contribution in [-0.2, 0) is 11.2 Å². The summed E-state index contributed by atoms with van der Waals surface area (Å²) in [6.07, 6.45) is 1.95. The minimum Gasteiger partial charge on any atom is -0.491 e. The van der Waals surface area contributed by atoms with Gasteiger partial charge in [0.1, 0.15) is 12.4 Å². The molecule has 0 bridgehead atoms. The molecule has 0 aliphatic rings. The summed E-state index contributed by atoms with van der Waals surface area (Å²) in [5.74, 6) is 0.888. The molecule has 0 aliphatic heterocycles. The first-order valence-electron chi connectivity index (χ1n) is 6.27. The Bertz CT molecular complexity index is 296. The summed E-state index contributed by atoms with van der Waals surface area (Å²) in [6, 6.07) is 8.29. The molecule has 1 unspecified atom stereocenters. The molecule has 0 saturated heterocycles. The third-order valence-electron chi connectivity index (χ3n) is 2.33. The molecule has 0 aromatic heterocycles. The molecule has 0 saturated carbocycles. The highest BCUT2D eigenvalue weighted by molar-refractivity contribution is 5.27. The van der Waals surface area contributed by atoms with Crippen molar-refractivity contribution >= 4 is 0 Å². The Kier molecular flexibility index (Phi) is 6.67. The van der Waals surface area contributed by atoms with Gasteiger partial charge in [-0.15, -0.1) is 0 Å². The first kappa shape index (κ1) is 14.0. The van der Waals surface area contributed by atoms with Crippen molar-refractivity contribution in [3.8, 4) is 5.75 Å². The van der Waals surface area contributed by atoms with Crippen LogP contribution in [0.15, 0.2) is 24.3 Å². The van der Waals surface area contributed by atoms with Crippen molar-refractivity contribution in [1.82, 2.24) is 0 Å². The number of hydrogen-bond acceptors (Lipinski definition) is 3. The number of rotatable bonds is 8. The van der Waals surface area contributed by atoms with Gasteiger partial charge in [-0.2, -0.15) is 0 Å². The molecule has 0 fully saturated rings. The van der Waals surface area contributed by atoms with Gasteiger partial charge in [0, 0.05) is 12.6 Å². The molecule has 0 amide bonds. The van der Waals surface area contributed by atoms with E-state index >= 15 is 0 Å². The van der Waals surface area contributed by atoms with E-state index in [0.29, 0.717) is 13.2 Å². The van der Waals surface area contributed by atoms with Gasteiger partial charge in [-0.25, -0.2) is 0 Å². The van der Waals surface area contributed by atoms with Gasteiger partial charge in [-0.3, -0.25) is 0 Å². The van der Waals surface area contributed by atoms with Crippen LogP contribution < -0.4 is 10.5 Å². The maximum atomic E-state index is 5.74. The molecule has 1 aromatic rings. The largest absolute Gasteiger partial charge is 0.491 e. The highest BCUT2D eigenvalue weighted by Gasteiger charge is 1.98. The predicted molar refractivity (Wildman–Crippen MR) is 70.4 cm³/mol. The van der Waals surface area contributed by atoms with Crippen LogP contribution in [0.5, 0.6) is 5.75 Å². The second-order valence-corrected chi connectivity index (χ2v) is 4.29. The molecule has 1 rings (SSSR count). The molecule has 1 aromatic carbocycles. The van der Waals surface area contributed by atoms with Crippen LogP contribution in [0, 0.1) is 0 Å². The fourth-order valence-corrected chi connectivity index (χ4v) is 1.56. The van der Waals surface area contributed by atoms with Gasteiger partial charge in [0.25, 0.3) is 0 Å². The molecule has 0 spiro atoms. The van der Waals surface area contributed by atoms with Crippen molar-refractivity contribution in [2.75, 3.05) is 19.8 Å². The maximum absolute atomic E-state index is 5.74. The van der Waals surface area contributed by atoms with Crippen molar-refractivity contribution in [3.63, 3.8) is 0 Å². The number of benzene rings is 1. The van der Waals surface area contributed by atoms with Crippen molar-refractivity contribution in [2.24, 2.45) is 5.73 Å². The van der Waals surface area contributed by atoms with Crippen LogP contribution >= 0.6 is 0 Å². The molecular weight excluding hydrogens is 214 g/mol. The Morgan fingerprint density at radius 2 is 1.82 bits per heavy atom. The van der Waals surface area contributed by atoms with Crippen LogP contribution in [0.3, 0.4) is 0 Å². The smallest absolute Gasteiger partial charge is 0.119 e. The van der Waals surface area contributed by atoms with E-state index in [1.165, 1.54) is 5.56 Å². The lowest BCUT2D eigenvalue weighted by Gasteiger charge is -2.08. The normalized spacial score (nSPS) is 12.4. The van der Waals surface area contributed by atoms with E-state index in [-0.39, 0.29) is 6.04 Å². The lowest BCUT2D eigenvalue weighted by Crippen LogP contribution is -2.17. The fraction of sp³-hybridized carbons (Fsp3) is 0.571. The van der Waals surface area contributed by atoms with E-state index in [1.54, 1.807) is 0 Å². The Morgan fingerprint density at radius 1 is 1.12 bits per heavy atom. The third kappa shape index (κ3) is 6.29. The van der Waals surface area contributed by atoms with Gasteiger partial charge in [-0.1, -0.05) is 19.1 Å². The highest BCUT2D eigenvalue weighted by Crippen LogP contribution is 2.13. The van der Waals surface area contributed by atoms with E-state index in [1.807, 2.05) is 19.1 Å². The average Bonchev–Trinajstić information content (AvgIpc) is 2.30. The average molecular weight is 237 g/mol. The minimum atomic E-state index is 0.198. The molecule has 0 radical (unpaired) electrons. The zero-order valence-corrected chi connectivity index (χ0v) is 10.8. The van der Waals surface area contributed by atoms with E-state index in [2.05, 4.69) is 19.1 Å². The molecule has 1 atom stereocenters. The molecule has 17 heavy (non-hydrogen) atoms. The molecule has 0 aliphatic carbocycles. The molecule has 96 valence electrons. The van der Waals surface area contributed by atoms with Crippen LogP contribution in [0.2, 0.25) is 0 Å². The monoisotopic (exact) mass is 237 g/mol. The SMILES string of the molecule is CCCOCCOc1ccc(CC(C)N)cc1. The van der Waals surface area contributed by atoms with Crippen molar-refractivity contribution in [1.29, 1.82) is 0 Å². The molecule has 3 nitrogen and oxygen atoms in total. The first-order chi connectivity index (χ1) is 8.22. The van der Waals surface area contributed by atoms with Crippen LogP contribution in [-0.4, -0.2) is 25.9 Å². The summed E-state index contributed by atoms with van der Waals surface area (Å²) < 4.78 is 10.9. The molecule has 2 N–H and O–H groups in total. The van der Waals surface area contributed by atoms with Gasteiger partial charge in [0.05, 0.1) is 6.61 Å². The summed E-state index contributed by atoms with van der Waals surface area (Å²) in [4.78, 5) is 0. The summed E-state index contributed by atoms with van der Waals surface area (Å²) in [7, 11) is 0. The Balaban J connectivity index is 2.25. The third-order valence-corrected chi connectivity index (χ3v) is 2.33. The second kappa shape index (κ2) is 8.09. The fourth-order valence-electron chi connectivity index (χ4n) is 1.56. The van der Waals surface area contributed by atoms with Gasteiger partial charge in [0.15, 0.2) is 0 Å². The van der Waals surface area contributed by atoms with Crippen LogP contribution in [0.25, 0.3) is 0 Å². The van der Waals surface area contributed by atoms with E-state index in [0.717, 1.165) is 25.2 Å². The predicted octanol–water partition coefficient (Wildman–Crippen LogP) is 2.38. The van der Waals surface area contributed by atoms with Gasteiger partial charge >= 0.3 is 0 Å². The Hall–Kier alpha value is -1.06. The summed E-state index contributed by atoms with van der Waals surface area (Å²) >= 11 is 0. The van der Waals surface area contributed by atoms with Crippen LogP contribution in [0.4, 0.5) is 0 Å². The molecule has 3 heteroatoms. The number of nitrogens with two attached hydrogens (primary N) is 1. The lowest BCUT2D eigenvalue weighted by molar-refractivity contribution is 0.101. The number of ether oxygens (including phenoxy) is 2. The minimum absolute atomic E-state index is 0.198. The van der Waals surface area contributed by atoms with Crippen molar-refractivity contribution < 1.29 is 9.47 Å². The lowest BCUT2D eigenvalue weighted by atomic mass is 10.1. The number of hydrogen-bond donors (Lipinski definition) is 1. The zero-order chi connectivity index (χ0) is 12.5. The zero-order valence-electron chi connectivity index (χ0n) is 10.8. The van der Waals surface area contributed by atoms with Crippen LogP contribution in [0.1, 0.15) is 25.8 Å². The maximum Gasteiger partial charge on any atom is 0.119 e. The standard InChI is InChI=1S/C14H23NO2/c1-3-8-16-9-10-17-14-6-4-13(5-7-14)11-12(2)15/h4-7,12H,3,8-11,15H2,1-2H3. The van der Waals surface area contributed by atoms with Crippen molar-refractivity contribution in [2.45, 2.75) is 32.7 Å². The second-order valence-electron chi connectivity index (χ2n) is 4.29. The van der Waals surface area contributed by atoms with Gasteiger partial charge < -0.3 is 15.2 Å². The first-order valence-corrected chi connectivity index (χ1v) is 6.27. The summed E-state index contributed by atoms with van der Waals surface area (Å²) in [6.45, 7) is 6.16. The molecular formula is C14H23NO2. The topological polar surface area (TPSA) is 44.5 Å². The highest BCUT2D eigenvalue weighted by atomic mass is 16.5. The summed E-state index contributed by atoms with van der Waals surface area (Å²) in [5.41, 5.74) is 6.99. The van der Waals surface area contributed by atoms with Crippen molar-refractivity contribution in [3.05, 3.63) is 29.8 Å². The quantitative estimate of drug-likeness (QED) is 0.706. The van der Waals surface area contributed by atoms with E-state index < -0.39 is 0 Å². The Morgan fingerprint density at radius 3 is 2.41 bits per heavy atom. The van der Waals surface area contributed by atoms with E-state index in [4.69, 9.17) is 15.2 Å². The summed E-state index contributed by atoms with van der Waals surface area (Å²) in [5, 5.41) is 0. The molecule has 0 heterocycles. The van der Waals surface area contributed by atoms with Gasteiger partial charge in [-0.05, 0) is 37.5 Å². The van der Waals surface area contributed by atoms with E-state index in [9.17, 15) is 0 Å². The van der Waals surface area contributed by atoms with Gasteiger partial charge in [0.2, 0.25) is 0 Å². The Labute approximate surface area is 104 Å².